The predicted octanol–water partition coefficient (Wildman–Crippen LogP) is 5.60. The summed E-state index contributed by atoms with van der Waals surface area (Å²) in [6, 6.07) is 7.02. The molecule has 4 rings (SSSR count). The van der Waals surface area contributed by atoms with E-state index in [0.717, 1.165) is 19.9 Å². The van der Waals surface area contributed by atoms with E-state index in [4.69, 9.17) is 6.42 Å². The summed E-state index contributed by atoms with van der Waals surface area (Å²) in [7, 11) is 1.55. The van der Waals surface area contributed by atoms with Crippen LogP contribution in [0.4, 0.5) is 23.4 Å². The largest absolute Gasteiger partial charge is 0.384 e. The average molecular weight is 539 g/mol. The van der Waals surface area contributed by atoms with Crippen LogP contribution in [0.3, 0.4) is 0 Å². The molecule has 0 radical (unpaired) electrons. The van der Waals surface area contributed by atoms with E-state index in [0.29, 0.717) is 11.1 Å². The van der Waals surface area contributed by atoms with Gasteiger partial charge < -0.3 is 15.0 Å². The van der Waals surface area contributed by atoms with Crippen LogP contribution in [0.5, 0.6) is 0 Å². The molecular formula is C29H26F4N4O2. The zero-order chi connectivity index (χ0) is 28.9. The zero-order valence-corrected chi connectivity index (χ0v) is 21.9. The first-order chi connectivity index (χ1) is 18.2. The number of hydrogen-bond donors (Lipinski definition) is 2. The van der Waals surface area contributed by atoms with Gasteiger partial charge in [0.1, 0.15) is 28.6 Å². The number of aliphatic hydroxyl groups is 1. The number of aromatic nitrogens is 3. The highest BCUT2D eigenvalue weighted by molar-refractivity contribution is 5.95. The summed E-state index contributed by atoms with van der Waals surface area (Å²) in [5, 5.41) is 13.1. The molecule has 1 atom stereocenters. The van der Waals surface area contributed by atoms with Gasteiger partial charge in [-0.3, -0.25) is 4.79 Å². The molecule has 0 saturated carbocycles. The third kappa shape index (κ3) is 4.86. The fraction of sp³-hybridized carbons (Fsp3) is 0.276. The van der Waals surface area contributed by atoms with Crippen LogP contribution in [0.1, 0.15) is 49.3 Å². The topological polar surface area (TPSA) is 80.0 Å². The summed E-state index contributed by atoms with van der Waals surface area (Å²) in [4.78, 5) is 20.4. The molecule has 0 saturated heterocycles. The summed E-state index contributed by atoms with van der Waals surface area (Å²) in [5.74, 6) is -3.17. The lowest BCUT2D eigenvalue weighted by Crippen LogP contribution is -2.41. The smallest absolute Gasteiger partial charge is 0.303 e. The van der Waals surface area contributed by atoms with E-state index in [1.807, 2.05) is 0 Å². The number of aryl methyl sites for hydroxylation is 2. The highest BCUT2D eigenvalue weighted by Gasteiger charge is 2.49. The predicted molar refractivity (Wildman–Crippen MR) is 141 cm³/mol. The summed E-state index contributed by atoms with van der Waals surface area (Å²) in [6.07, 6.45) is 7.15. The van der Waals surface area contributed by atoms with Crippen molar-refractivity contribution in [1.29, 1.82) is 0 Å². The zero-order valence-electron chi connectivity index (χ0n) is 21.9. The molecule has 2 aromatic carbocycles. The number of fused-ring (bicyclic) bond motifs is 1. The second-order valence-electron chi connectivity index (χ2n) is 9.85. The van der Waals surface area contributed by atoms with Crippen molar-refractivity contribution in [3.05, 3.63) is 87.1 Å². The number of alkyl halides is 2. The second-order valence-corrected chi connectivity index (χ2v) is 9.85. The Hall–Kier alpha value is -4.23. The van der Waals surface area contributed by atoms with Crippen molar-refractivity contribution in [2.75, 3.05) is 5.32 Å². The molecule has 0 bridgehead atoms. The monoisotopic (exact) mass is 538 g/mol. The maximum Gasteiger partial charge on any atom is 0.303 e. The van der Waals surface area contributed by atoms with Crippen molar-refractivity contribution in [2.45, 2.75) is 45.3 Å². The normalized spacial score (nSPS) is 12.8. The molecule has 0 unspecified atom stereocenters. The molecule has 2 N–H and O–H groups in total. The van der Waals surface area contributed by atoms with Crippen LogP contribution in [0.2, 0.25) is 0 Å². The SMILES string of the molecule is C#Cc1c(-c2ccc(=O)n(C)c2)cc2c(N[C@H](C)c3cccc(C(F)(F)C(C)(C)O)c3F)nc(C)nc2c1F. The molecule has 2 aromatic heterocycles. The van der Waals surface area contributed by atoms with E-state index in [9.17, 15) is 18.7 Å². The number of rotatable bonds is 6. The highest BCUT2D eigenvalue weighted by atomic mass is 19.3. The van der Waals surface area contributed by atoms with E-state index < -0.39 is 34.8 Å². The minimum Gasteiger partial charge on any atom is -0.384 e. The van der Waals surface area contributed by atoms with E-state index in [1.165, 1.54) is 48.9 Å². The highest BCUT2D eigenvalue weighted by Crippen LogP contribution is 2.41. The van der Waals surface area contributed by atoms with Gasteiger partial charge in [0.2, 0.25) is 5.56 Å². The van der Waals surface area contributed by atoms with Gasteiger partial charge in [-0.05, 0) is 51.5 Å². The van der Waals surface area contributed by atoms with E-state index in [1.54, 1.807) is 13.1 Å². The molecule has 0 fully saturated rings. The summed E-state index contributed by atoms with van der Waals surface area (Å²) in [5.41, 5.74) is -3.21. The molecule has 4 aromatic rings. The van der Waals surface area contributed by atoms with Gasteiger partial charge in [0.05, 0.1) is 17.2 Å². The van der Waals surface area contributed by atoms with Gasteiger partial charge in [-0.25, -0.2) is 18.7 Å². The minimum atomic E-state index is -3.87. The van der Waals surface area contributed by atoms with Crippen LogP contribution < -0.4 is 10.9 Å². The number of nitrogens with zero attached hydrogens (tertiary/aromatic N) is 3. The van der Waals surface area contributed by atoms with Gasteiger partial charge in [0, 0.05) is 35.8 Å². The Labute approximate surface area is 222 Å². The van der Waals surface area contributed by atoms with Crippen molar-refractivity contribution >= 4 is 16.7 Å². The molecule has 0 aliphatic heterocycles. The van der Waals surface area contributed by atoms with Gasteiger partial charge in [0.25, 0.3) is 0 Å². The maximum absolute atomic E-state index is 15.7. The Bertz CT molecular complexity index is 1700. The van der Waals surface area contributed by atoms with Crippen LogP contribution in [0, 0.1) is 30.9 Å². The molecule has 0 aliphatic carbocycles. The van der Waals surface area contributed by atoms with Gasteiger partial charge in [-0.2, -0.15) is 8.78 Å². The van der Waals surface area contributed by atoms with Crippen molar-refractivity contribution in [3.8, 4) is 23.5 Å². The van der Waals surface area contributed by atoms with Crippen LogP contribution in [-0.2, 0) is 13.0 Å². The first-order valence-corrected chi connectivity index (χ1v) is 12.0. The third-order valence-corrected chi connectivity index (χ3v) is 6.54. The molecule has 202 valence electrons. The lowest BCUT2D eigenvalue weighted by atomic mass is 9.91. The van der Waals surface area contributed by atoms with Gasteiger partial charge >= 0.3 is 5.92 Å². The van der Waals surface area contributed by atoms with Crippen LogP contribution >= 0.6 is 0 Å². The number of pyridine rings is 1. The summed E-state index contributed by atoms with van der Waals surface area (Å²) in [6.45, 7) is 4.87. The number of benzene rings is 2. The Balaban J connectivity index is 1.87. The Morgan fingerprint density at radius 2 is 1.82 bits per heavy atom. The molecule has 6 nitrogen and oxygen atoms in total. The third-order valence-electron chi connectivity index (χ3n) is 6.54. The Morgan fingerprint density at radius 1 is 1.13 bits per heavy atom. The van der Waals surface area contributed by atoms with Crippen LogP contribution in [0.15, 0.2) is 47.4 Å². The quantitative estimate of drug-likeness (QED) is 0.247. The molecule has 0 amide bonds. The lowest BCUT2D eigenvalue weighted by molar-refractivity contribution is -0.170. The summed E-state index contributed by atoms with van der Waals surface area (Å²) >= 11 is 0. The maximum atomic E-state index is 15.7. The van der Waals surface area contributed by atoms with E-state index >= 15 is 8.78 Å². The minimum absolute atomic E-state index is 0.0640. The van der Waals surface area contributed by atoms with Crippen molar-refractivity contribution in [3.63, 3.8) is 0 Å². The van der Waals surface area contributed by atoms with Gasteiger partial charge in [0.15, 0.2) is 5.82 Å². The molecule has 39 heavy (non-hydrogen) atoms. The standard InChI is InChI=1S/C29H26F4N4O2/c1-7-18-20(17-11-12-23(38)37(6)14-17)13-21-26(25(18)31)35-16(3)36-27(21)34-15(2)19-9-8-10-22(24(19)30)29(32,33)28(4,5)39/h1,8-15,39H,2-6H3,(H,34,35,36)/t15-/m1/s1. The molecule has 0 aliphatic rings. The van der Waals surface area contributed by atoms with Gasteiger partial charge in [-0.1, -0.05) is 18.1 Å². The van der Waals surface area contributed by atoms with Crippen molar-refractivity contribution in [1.82, 2.24) is 14.5 Å². The molecular weight excluding hydrogens is 512 g/mol. The van der Waals surface area contributed by atoms with Gasteiger partial charge in [-0.15, -0.1) is 6.42 Å². The van der Waals surface area contributed by atoms with E-state index in [-0.39, 0.29) is 39.2 Å². The van der Waals surface area contributed by atoms with Crippen molar-refractivity contribution in [2.24, 2.45) is 7.05 Å². The number of halogens is 4. The number of terminal acetylenes is 1. The fourth-order valence-electron chi connectivity index (χ4n) is 4.31. The first-order valence-electron chi connectivity index (χ1n) is 12.0. The second kappa shape index (κ2) is 9.82. The van der Waals surface area contributed by atoms with Crippen LogP contribution in [0.25, 0.3) is 22.0 Å². The molecule has 0 spiro atoms. The van der Waals surface area contributed by atoms with Crippen LogP contribution in [-0.4, -0.2) is 25.2 Å². The molecule has 2 heterocycles. The average Bonchev–Trinajstić information content (AvgIpc) is 2.85. The lowest BCUT2D eigenvalue weighted by Gasteiger charge is -2.30. The fourth-order valence-corrected chi connectivity index (χ4v) is 4.31. The summed E-state index contributed by atoms with van der Waals surface area (Å²) < 4.78 is 62.0. The van der Waals surface area contributed by atoms with Crippen molar-refractivity contribution < 1.29 is 22.7 Å². The first kappa shape index (κ1) is 27.8. The number of anilines is 1. The Morgan fingerprint density at radius 3 is 2.44 bits per heavy atom. The number of nitrogens with one attached hydrogen (secondary N) is 1. The Kier molecular flexibility index (Phi) is 7.00. The molecule has 10 heteroatoms. The van der Waals surface area contributed by atoms with E-state index in [2.05, 4.69) is 21.2 Å². The number of hydrogen-bond acceptors (Lipinski definition) is 5.